The van der Waals surface area contributed by atoms with Crippen molar-refractivity contribution in [1.82, 2.24) is 9.13 Å². The Balaban J connectivity index is 1.26. The Morgan fingerprint density at radius 3 is 1.27 bits per heavy atom. The molecular formula is C50H33FN4. The third-order valence-electron chi connectivity index (χ3n) is 12.7. The number of hydrogen-bond acceptors (Lipinski definition) is 2. The molecule has 2 aliphatic rings. The number of para-hydroxylation sites is 2. The van der Waals surface area contributed by atoms with E-state index in [1.807, 2.05) is 51.6 Å². The molecule has 0 unspecified atom stereocenters. The van der Waals surface area contributed by atoms with Crippen molar-refractivity contribution in [1.29, 1.82) is 10.5 Å². The van der Waals surface area contributed by atoms with Crippen LogP contribution in [0.2, 0.25) is 0 Å². The number of rotatable bonds is 2. The van der Waals surface area contributed by atoms with Crippen molar-refractivity contribution in [3.8, 4) is 45.8 Å². The Hall–Kier alpha value is -6.95. The molecule has 2 aliphatic carbocycles. The highest BCUT2D eigenvalue weighted by Crippen LogP contribution is 2.53. The maximum atomic E-state index is 17.2. The fraction of sp³-hybridized carbons (Fsp3) is 0.120. The summed E-state index contributed by atoms with van der Waals surface area (Å²) in [5.74, 6) is -0.822. The summed E-state index contributed by atoms with van der Waals surface area (Å²) in [6.07, 6.45) is 0. The summed E-state index contributed by atoms with van der Waals surface area (Å²) in [7, 11) is 0. The van der Waals surface area contributed by atoms with Crippen molar-refractivity contribution in [3.63, 3.8) is 0 Å². The van der Waals surface area contributed by atoms with Crippen LogP contribution in [0.1, 0.15) is 61.1 Å². The predicted octanol–water partition coefficient (Wildman–Crippen LogP) is 12.4. The standard InChI is InChI=1S/C50H33FN4/c1-49(2)38-17-9-5-13-28(38)32-21-34-30-15-7-11-19-42(30)54(44(34)23-40(32)49)46-25-47(37(27-53)48(51)36(46)26-52)55-43-20-12-8-16-31(43)35-22-33-29-14-6-10-18-39(29)50(3,4)41(33)24-45(35)55/h5-25H,1-4H3. The molecule has 0 amide bonds. The minimum atomic E-state index is -0.822. The fourth-order valence-corrected chi connectivity index (χ4v) is 10.0. The van der Waals surface area contributed by atoms with E-state index in [0.717, 1.165) is 43.6 Å². The number of hydrogen-bond donors (Lipinski definition) is 0. The molecule has 0 saturated carbocycles. The summed E-state index contributed by atoms with van der Waals surface area (Å²) >= 11 is 0. The van der Waals surface area contributed by atoms with E-state index in [4.69, 9.17) is 0 Å². The first-order valence-corrected chi connectivity index (χ1v) is 18.7. The van der Waals surface area contributed by atoms with Gasteiger partial charge in [-0.2, -0.15) is 10.5 Å². The van der Waals surface area contributed by atoms with E-state index < -0.39 is 5.82 Å². The second-order valence-electron chi connectivity index (χ2n) is 16.1. The Labute approximate surface area is 317 Å². The summed E-state index contributed by atoms with van der Waals surface area (Å²) in [5, 5.41) is 25.5. The van der Waals surface area contributed by atoms with E-state index in [-0.39, 0.29) is 22.0 Å². The number of benzene rings is 7. The maximum Gasteiger partial charge on any atom is 0.162 e. The maximum absolute atomic E-state index is 17.2. The van der Waals surface area contributed by atoms with Crippen LogP contribution >= 0.6 is 0 Å². The number of fused-ring (bicyclic) bond motifs is 12. The van der Waals surface area contributed by atoms with Crippen molar-refractivity contribution in [3.05, 3.63) is 167 Å². The lowest BCUT2D eigenvalue weighted by atomic mass is 9.82. The zero-order chi connectivity index (χ0) is 37.5. The summed E-state index contributed by atoms with van der Waals surface area (Å²) in [5.41, 5.74) is 13.1. The highest BCUT2D eigenvalue weighted by atomic mass is 19.1. The van der Waals surface area contributed by atoms with Gasteiger partial charge in [0, 0.05) is 32.4 Å². The number of nitrogens with zero attached hydrogens (tertiary/aromatic N) is 4. The first-order chi connectivity index (χ1) is 26.6. The van der Waals surface area contributed by atoms with E-state index in [0.29, 0.717) is 11.4 Å². The second kappa shape index (κ2) is 10.6. The Bertz CT molecular complexity index is 3090. The van der Waals surface area contributed by atoms with E-state index in [1.165, 1.54) is 44.5 Å². The largest absolute Gasteiger partial charge is 0.308 e. The first kappa shape index (κ1) is 31.6. The predicted molar refractivity (Wildman–Crippen MR) is 220 cm³/mol. The minimum absolute atomic E-state index is 0.163. The van der Waals surface area contributed by atoms with Crippen molar-refractivity contribution < 1.29 is 4.39 Å². The third kappa shape index (κ3) is 3.87. The number of aromatic nitrogens is 2. The van der Waals surface area contributed by atoms with Crippen LogP contribution in [0.5, 0.6) is 0 Å². The van der Waals surface area contributed by atoms with Crippen LogP contribution in [0.25, 0.3) is 77.2 Å². The lowest BCUT2D eigenvalue weighted by Crippen LogP contribution is -2.15. The van der Waals surface area contributed by atoms with Gasteiger partial charge in [0.15, 0.2) is 5.82 Å². The summed E-state index contributed by atoms with van der Waals surface area (Å²) < 4.78 is 21.2. The second-order valence-corrected chi connectivity index (χ2v) is 16.1. The summed E-state index contributed by atoms with van der Waals surface area (Å²) in [6, 6.07) is 48.5. The van der Waals surface area contributed by atoms with Crippen molar-refractivity contribution in [2.45, 2.75) is 38.5 Å². The topological polar surface area (TPSA) is 57.4 Å². The average Bonchev–Trinajstić information content (AvgIpc) is 3.85. The Kier molecular flexibility index (Phi) is 6.08. The van der Waals surface area contributed by atoms with Crippen molar-refractivity contribution in [2.75, 3.05) is 0 Å². The molecule has 0 spiro atoms. The van der Waals surface area contributed by atoms with Crippen molar-refractivity contribution in [2.24, 2.45) is 0 Å². The molecule has 5 heteroatoms. The third-order valence-corrected chi connectivity index (χ3v) is 12.7. The van der Waals surface area contributed by atoms with E-state index in [2.05, 4.69) is 125 Å². The van der Waals surface area contributed by atoms with Gasteiger partial charge in [0.2, 0.25) is 0 Å². The quantitative estimate of drug-likeness (QED) is 0.179. The van der Waals surface area contributed by atoms with Gasteiger partial charge in [0.25, 0.3) is 0 Å². The zero-order valence-corrected chi connectivity index (χ0v) is 30.8. The van der Waals surface area contributed by atoms with Crippen LogP contribution in [0.3, 0.4) is 0 Å². The molecule has 260 valence electrons. The molecule has 2 aromatic heterocycles. The highest BCUT2D eigenvalue weighted by molar-refractivity contribution is 6.13. The van der Waals surface area contributed by atoms with Gasteiger partial charge >= 0.3 is 0 Å². The van der Waals surface area contributed by atoms with Gasteiger partial charge in [0.1, 0.15) is 23.3 Å². The molecule has 0 aliphatic heterocycles. The van der Waals surface area contributed by atoms with Gasteiger partial charge in [-0.15, -0.1) is 0 Å². The highest BCUT2D eigenvalue weighted by Gasteiger charge is 2.38. The molecule has 7 aromatic carbocycles. The van der Waals surface area contributed by atoms with Crippen LogP contribution in [0, 0.1) is 28.5 Å². The molecule has 11 rings (SSSR count). The van der Waals surface area contributed by atoms with Gasteiger partial charge in [-0.05, 0) is 87.0 Å². The summed E-state index contributed by atoms with van der Waals surface area (Å²) in [4.78, 5) is 0. The molecule has 0 atom stereocenters. The molecule has 0 bridgehead atoms. The molecule has 0 N–H and O–H groups in total. The molecular weight excluding hydrogens is 676 g/mol. The normalized spacial score (nSPS) is 14.5. The molecule has 0 saturated heterocycles. The van der Waals surface area contributed by atoms with Gasteiger partial charge < -0.3 is 9.13 Å². The Morgan fingerprint density at radius 2 is 0.836 bits per heavy atom. The summed E-state index contributed by atoms with van der Waals surface area (Å²) in [6.45, 7) is 8.98. The van der Waals surface area contributed by atoms with Gasteiger partial charge in [0.05, 0.1) is 33.4 Å². The lowest BCUT2D eigenvalue weighted by Gasteiger charge is -2.22. The van der Waals surface area contributed by atoms with Crippen molar-refractivity contribution >= 4 is 43.6 Å². The van der Waals surface area contributed by atoms with Crippen LogP contribution < -0.4 is 0 Å². The number of nitriles is 2. The smallest absolute Gasteiger partial charge is 0.162 e. The monoisotopic (exact) mass is 708 g/mol. The Morgan fingerprint density at radius 1 is 0.436 bits per heavy atom. The first-order valence-electron chi connectivity index (χ1n) is 18.7. The van der Waals surface area contributed by atoms with Gasteiger partial charge in [-0.1, -0.05) is 113 Å². The molecule has 9 aromatic rings. The zero-order valence-electron chi connectivity index (χ0n) is 30.8. The van der Waals surface area contributed by atoms with Gasteiger partial charge in [-0.3, -0.25) is 0 Å². The van der Waals surface area contributed by atoms with Crippen LogP contribution in [0.15, 0.2) is 127 Å². The van der Waals surface area contributed by atoms with E-state index in [9.17, 15) is 10.5 Å². The van der Waals surface area contributed by atoms with Crippen LogP contribution in [-0.2, 0) is 10.8 Å². The van der Waals surface area contributed by atoms with Crippen LogP contribution in [0.4, 0.5) is 4.39 Å². The van der Waals surface area contributed by atoms with E-state index in [1.54, 1.807) is 0 Å². The van der Waals surface area contributed by atoms with Gasteiger partial charge in [-0.25, -0.2) is 4.39 Å². The molecule has 2 heterocycles. The lowest BCUT2D eigenvalue weighted by molar-refractivity contribution is 0.618. The molecule has 0 fully saturated rings. The SMILES string of the molecule is CC1(C)c2ccccc2-c2cc3c4ccccc4n(-c4cc(-n5c6ccccc6c6cc7c(cc65)C(C)(C)c5ccccc5-7)c(C#N)c(F)c4C#N)c3cc21. The van der Waals surface area contributed by atoms with Crippen LogP contribution in [-0.4, -0.2) is 9.13 Å². The van der Waals surface area contributed by atoms with E-state index >= 15 is 4.39 Å². The fourth-order valence-electron chi connectivity index (χ4n) is 10.0. The minimum Gasteiger partial charge on any atom is -0.308 e. The average molecular weight is 709 g/mol. The molecule has 55 heavy (non-hydrogen) atoms. The molecule has 0 radical (unpaired) electrons. The molecule has 4 nitrogen and oxygen atoms in total. The number of halogens is 1.